The molecule has 1 saturated heterocycles. The summed E-state index contributed by atoms with van der Waals surface area (Å²) >= 11 is 0. The fourth-order valence-electron chi connectivity index (χ4n) is 4.69. The second-order valence-corrected chi connectivity index (χ2v) is 8.94. The molecule has 1 fully saturated rings. The van der Waals surface area contributed by atoms with E-state index in [0.717, 1.165) is 62.3 Å². The second-order valence-electron chi connectivity index (χ2n) is 8.94. The lowest BCUT2D eigenvalue weighted by atomic mass is 10.0. The van der Waals surface area contributed by atoms with Crippen molar-refractivity contribution in [3.05, 3.63) is 58.8 Å². The smallest absolute Gasteiger partial charge is 0.416 e. The van der Waals surface area contributed by atoms with E-state index in [4.69, 9.17) is 9.72 Å². The van der Waals surface area contributed by atoms with Gasteiger partial charge in [-0.05, 0) is 67.9 Å². The summed E-state index contributed by atoms with van der Waals surface area (Å²) in [5.74, 6) is -0.160. The quantitative estimate of drug-likeness (QED) is 0.510. The zero-order valence-corrected chi connectivity index (χ0v) is 19.0. The van der Waals surface area contributed by atoms with Gasteiger partial charge in [0.05, 0.1) is 11.7 Å². The van der Waals surface area contributed by atoms with Crippen LogP contribution in [-0.2, 0) is 28.5 Å². The normalized spacial score (nSPS) is 19.4. The number of carbonyl (C=O) groups is 1. The third kappa shape index (κ3) is 6.07. The number of ether oxygens (including phenoxy) is 1. The van der Waals surface area contributed by atoms with Crippen LogP contribution in [0.4, 0.5) is 19.0 Å². The lowest BCUT2D eigenvalue weighted by Crippen LogP contribution is -2.33. The second kappa shape index (κ2) is 10.7. The molecule has 0 bridgehead atoms. The van der Waals surface area contributed by atoms with E-state index < -0.39 is 23.8 Å². The van der Waals surface area contributed by atoms with Gasteiger partial charge in [-0.1, -0.05) is 18.2 Å². The summed E-state index contributed by atoms with van der Waals surface area (Å²) in [4.78, 5) is 18.3. The van der Waals surface area contributed by atoms with Gasteiger partial charge >= 0.3 is 12.1 Å². The lowest BCUT2D eigenvalue weighted by molar-refractivity contribution is -0.144. The van der Waals surface area contributed by atoms with E-state index >= 15 is 0 Å². The van der Waals surface area contributed by atoms with Crippen molar-refractivity contribution in [3.63, 3.8) is 0 Å². The van der Waals surface area contributed by atoms with Crippen LogP contribution in [0.5, 0.6) is 0 Å². The Hall–Kier alpha value is -2.65. The molecule has 1 aromatic carbocycles. The molecule has 2 atom stereocenters. The molecule has 2 aromatic rings. The largest absolute Gasteiger partial charge is 0.480 e. The summed E-state index contributed by atoms with van der Waals surface area (Å²) in [6.45, 7) is 2.37. The average molecular weight is 478 g/mol. The number of carboxylic acids is 1. The molecule has 0 unspecified atom stereocenters. The summed E-state index contributed by atoms with van der Waals surface area (Å²) in [7, 11) is 0. The number of pyridine rings is 1. The number of nitrogens with one attached hydrogen (secondary N) is 1. The Balaban J connectivity index is 1.24. The zero-order chi connectivity index (χ0) is 24.1. The van der Waals surface area contributed by atoms with Crippen molar-refractivity contribution in [1.82, 2.24) is 9.88 Å². The molecule has 1 aromatic heterocycles. The van der Waals surface area contributed by atoms with Gasteiger partial charge in [-0.15, -0.1) is 0 Å². The van der Waals surface area contributed by atoms with Gasteiger partial charge in [-0.3, -0.25) is 9.69 Å². The molecule has 6 nitrogen and oxygen atoms in total. The number of aryl methyl sites for hydroxylation is 2. The van der Waals surface area contributed by atoms with Crippen molar-refractivity contribution in [2.75, 3.05) is 31.6 Å². The van der Waals surface area contributed by atoms with E-state index in [2.05, 4.69) is 17.4 Å². The molecule has 9 heteroatoms. The van der Waals surface area contributed by atoms with Gasteiger partial charge in [0.15, 0.2) is 0 Å². The molecule has 184 valence electrons. The number of rotatable bonds is 9. The van der Waals surface area contributed by atoms with E-state index in [1.807, 2.05) is 0 Å². The third-order valence-corrected chi connectivity index (χ3v) is 6.44. The van der Waals surface area contributed by atoms with Crippen LogP contribution in [0.15, 0.2) is 36.4 Å². The number of anilines is 1. The predicted molar refractivity (Wildman–Crippen MR) is 122 cm³/mol. The molecule has 0 radical (unpaired) electrons. The summed E-state index contributed by atoms with van der Waals surface area (Å²) in [6, 6.07) is 7.68. The van der Waals surface area contributed by atoms with Gasteiger partial charge < -0.3 is 15.2 Å². The van der Waals surface area contributed by atoms with Crippen LogP contribution < -0.4 is 5.32 Å². The van der Waals surface area contributed by atoms with Crippen LogP contribution in [0.25, 0.3) is 0 Å². The van der Waals surface area contributed by atoms with Crippen LogP contribution in [0.2, 0.25) is 0 Å². The standard InChI is InChI=1S/C25H30F3N3O3/c26-25(27,28)19-7-3-5-18(15-19)22(24(32)33)31-13-11-21(16-31)34-14-2-1-8-20-10-9-17-6-4-12-29-23(17)30-20/h3,5,7,9-10,15,21-22H,1-2,4,6,8,11-14,16H2,(H,29,30)(H,32,33)/t21-,22-/m1/s1. The van der Waals surface area contributed by atoms with Crippen molar-refractivity contribution in [2.24, 2.45) is 0 Å². The molecule has 0 amide bonds. The molecule has 34 heavy (non-hydrogen) atoms. The maximum atomic E-state index is 13.1. The van der Waals surface area contributed by atoms with E-state index in [1.165, 1.54) is 17.7 Å². The van der Waals surface area contributed by atoms with Crippen LogP contribution >= 0.6 is 0 Å². The first-order valence-corrected chi connectivity index (χ1v) is 11.8. The minimum Gasteiger partial charge on any atom is -0.480 e. The summed E-state index contributed by atoms with van der Waals surface area (Å²) < 4.78 is 45.2. The van der Waals surface area contributed by atoms with Crippen LogP contribution in [0.1, 0.15) is 54.1 Å². The number of fused-ring (bicyclic) bond motifs is 1. The highest BCUT2D eigenvalue weighted by atomic mass is 19.4. The Morgan fingerprint density at radius 2 is 2.12 bits per heavy atom. The third-order valence-electron chi connectivity index (χ3n) is 6.44. The summed E-state index contributed by atoms with van der Waals surface area (Å²) in [5.41, 5.74) is 1.63. The van der Waals surface area contributed by atoms with Crippen molar-refractivity contribution in [3.8, 4) is 0 Å². The number of benzene rings is 1. The van der Waals surface area contributed by atoms with Crippen LogP contribution in [-0.4, -0.2) is 53.3 Å². The average Bonchev–Trinajstić information content (AvgIpc) is 3.26. The highest BCUT2D eigenvalue weighted by molar-refractivity contribution is 5.75. The van der Waals surface area contributed by atoms with Crippen LogP contribution in [0.3, 0.4) is 0 Å². The van der Waals surface area contributed by atoms with Crippen LogP contribution in [0, 0.1) is 0 Å². The Kier molecular flexibility index (Phi) is 7.73. The molecule has 0 aliphatic carbocycles. The number of nitrogens with zero attached hydrogens (tertiary/aromatic N) is 2. The number of hydrogen-bond donors (Lipinski definition) is 2. The number of carboxylic acid groups (broad SMARTS) is 1. The topological polar surface area (TPSA) is 74.7 Å². The number of unbranched alkanes of at least 4 members (excludes halogenated alkanes) is 1. The fourth-order valence-corrected chi connectivity index (χ4v) is 4.69. The molecular formula is C25H30F3N3O3. The summed E-state index contributed by atoms with van der Waals surface area (Å²) in [6.07, 6.45) is 0.880. The van der Waals surface area contributed by atoms with Crippen molar-refractivity contribution >= 4 is 11.8 Å². The van der Waals surface area contributed by atoms with Gasteiger partial charge in [-0.25, -0.2) is 4.98 Å². The maximum absolute atomic E-state index is 13.1. The first-order valence-electron chi connectivity index (χ1n) is 11.8. The Labute approximate surface area is 197 Å². The van der Waals surface area contributed by atoms with E-state index in [1.54, 1.807) is 4.90 Å². The van der Waals surface area contributed by atoms with Gasteiger partial charge in [0.1, 0.15) is 11.9 Å². The number of likely N-dealkylation sites (tertiary alicyclic amines) is 1. The highest BCUT2D eigenvalue weighted by Crippen LogP contribution is 2.33. The van der Waals surface area contributed by atoms with E-state index in [9.17, 15) is 23.1 Å². The monoisotopic (exact) mass is 477 g/mol. The van der Waals surface area contributed by atoms with Crippen molar-refractivity contribution in [2.45, 2.75) is 56.8 Å². The number of aromatic nitrogens is 1. The van der Waals surface area contributed by atoms with E-state index in [0.29, 0.717) is 26.1 Å². The van der Waals surface area contributed by atoms with Gasteiger partial charge in [0, 0.05) is 31.9 Å². The molecule has 0 spiro atoms. The molecular weight excluding hydrogens is 447 g/mol. The van der Waals surface area contributed by atoms with Crippen molar-refractivity contribution in [1.29, 1.82) is 0 Å². The maximum Gasteiger partial charge on any atom is 0.416 e. The lowest BCUT2D eigenvalue weighted by Gasteiger charge is -2.25. The SMILES string of the molecule is O=C(O)[C@@H](c1cccc(C(F)(F)F)c1)N1CC[C@@H](OCCCCc2ccc3c(n2)NCCC3)C1. The van der Waals surface area contributed by atoms with Gasteiger partial charge in [0.25, 0.3) is 0 Å². The van der Waals surface area contributed by atoms with Gasteiger partial charge in [-0.2, -0.15) is 13.2 Å². The predicted octanol–water partition coefficient (Wildman–Crippen LogP) is 4.70. The minimum absolute atomic E-state index is 0.126. The number of halogens is 3. The molecule has 3 heterocycles. The van der Waals surface area contributed by atoms with E-state index in [-0.39, 0.29) is 11.7 Å². The van der Waals surface area contributed by atoms with Crippen molar-refractivity contribution < 1.29 is 27.8 Å². The number of aliphatic carboxylic acids is 1. The Morgan fingerprint density at radius 1 is 1.26 bits per heavy atom. The number of alkyl halides is 3. The zero-order valence-electron chi connectivity index (χ0n) is 19.0. The number of hydrogen-bond acceptors (Lipinski definition) is 5. The minimum atomic E-state index is -4.51. The molecule has 4 rings (SSSR count). The van der Waals surface area contributed by atoms with Gasteiger partial charge in [0.2, 0.25) is 0 Å². The highest BCUT2D eigenvalue weighted by Gasteiger charge is 2.36. The molecule has 2 aliphatic rings. The fraction of sp³-hybridized carbons (Fsp3) is 0.520. The molecule has 2 aliphatic heterocycles. The first kappa shape index (κ1) is 24.5. The first-order chi connectivity index (χ1) is 16.3. The Morgan fingerprint density at radius 3 is 2.91 bits per heavy atom. The molecule has 2 N–H and O–H groups in total. The molecule has 0 saturated carbocycles. The Bertz CT molecular complexity index is 999. The summed E-state index contributed by atoms with van der Waals surface area (Å²) in [5, 5.41) is 13.1.